The Morgan fingerprint density at radius 2 is 1.83 bits per heavy atom. The summed E-state index contributed by atoms with van der Waals surface area (Å²) in [6.07, 6.45) is 2.25. The van der Waals surface area contributed by atoms with Crippen molar-refractivity contribution >= 4 is 9.84 Å². The summed E-state index contributed by atoms with van der Waals surface area (Å²) in [5.74, 6) is -1.66. The molecule has 0 fully saturated rings. The van der Waals surface area contributed by atoms with E-state index in [4.69, 9.17) is 0 Å². The Hall–Kier alpha value is -1.82. The molecule has 0 radical (unpaired) electrons. The van der Waals surface area contributed by atoms with Gasteiger partial charge in [-0.2, -0.15) is 0 Å². The lowest BCUT2D eigenvalue weighted by molar-refractivity contribution is 0.589. The molecule has 18 heavy (non-hydrogen) atoms. The third kappa shape index (κ3) is 2.89. The van der Waals surface area contributed by atoms with Crippen molar-refractivity contribution in [2.24, 2.45) is 0 Å². The highest BCUT2D eigenvalue weighted by molar-refractivity contribution is 7.90. The van der Waals surface area contributed by atoms with Crippen molar-refractivity contribution in [3.63, 3.8) is 0 Å². The molecule has 3 nitrogen and oxygen atoms in total. The van der Waals surface area contributed by atoms with Gasteiger partial charge in [-0.25, -0.2) is 17.2 Å². The van der Waals surface area contributed by atoms with Gasteiger partial charge >= 0.3 is 0 Å². The molecule has 0 aliphatic rings. The van der Waals surface area contributed by atoms with Crippen LogP contribution < -0.4 is 0 Å². The first kappa shape index (κ1) is 12.6. The maximum atomic E-state index is 13.0. The van der Waals surface area contributed by atoms with E-state index in [9.17, 15) is 17.2 Å². The molecule has 0 aliphatic carbocycles. The van der Waals surface area contributed by atoms with Crippen LogP contribution in [0, 0.1) is 11.6 Å². The Kier molecular flexibility index (Phi) is 3.38. The molecule has 0 unspecified atom stereocenters. The number of nitrogens with zero attached hydrogens (tertiary/aromatic N) is 1. The molecule has 1 aromatic heterocycles. The van der Waals surface area contributed by atoms with Gasteiger partial charge in [0.15, 0.2) is 9.84 Å². The van der Waals surface area contributed by atoms with Crippen molar-refractivity contribution in [1.29, 1.82) is 0 Å². The summed E-state index contributed by atoms with van der Waals surface area (Å²) in [6.45, 7) is 0. The van der Waals surface area contributed by atoms with Gasteiger partial charge in [0.25, 0.3) is 0 Å². The van der Waals surface area contributed by atoms with Crippen molar-refractivity contribution in [3.8, 4) is 0 Å². The van der Waals surface area contributed by atoms with Crippen LogP contribution in [0.4, 0.5) is 8.78 Å². The molecule has 1 heterocycles. The van der Waals surface area contributed by atoms with E-state index in [-0.39, 0.29) is 10.5 Å². The molecule has 0 saturated carbocycles. The van der Waals surface area contributed by atoms with Gasteiger partial charge in [0.2, 0.25) is 0 Å². The molecular weight excluding hydrogens is 260 g/mol. The lowest BCUT2D eigenvalue weighted by Gasteiger charge is -2.04. The summed E-state index contributed by atoms with van der Waals surface area (Å²) in [5.41, 5.74) is 0.222. The predicted octanol–water partition coefficient (Wildman–Crippen LogP) is 2.33. The van der Waals surface area contributed by atoms with Crippen molar-refractivity contribution in [2.45, 2.75) is 10.6 Å². The van der Waals surface area contributed by atoms with E-state index in [0.29, 0.717) is 0 Å². The summed E-state index contributed by atoms with van der Waals surface area (Å²) in [5, 5.41) is 0. The standard InChI is InChI=1S/C12H9F2NO2S/c13-10-2-1-3-12(5-10)18(16,17)8-9-4-11(14)7-15-6-9/h1-7H,8H2. The number of rotatable bonds is 3. The minimum atomic E-state index is -3.70. The fourth-order valence-corrected chi connectivity index (χ4v) is 2.84. The molecule has 0 saturated heterocycles. The second-order valence-corrected chi connectivity index (χ2v) is 5.72. The molecule has 6 heteroatoms. The highest BCUT2D eigenvalue weighted by atomic mass is 32.2. The van der Waals surface area contributed by atoms with Crippen molar-refractivity contribution in [1.82, 2.24) is 4.98 Å². The van der Waals surface area contributed by atoms with E-state index in [1.807, 2.05) is 0 Å². The monoisotopic (exact) mass is 269 g/mol. The summed E-state index contributed by atoms with van der Waals surface area (Å²) < 4.78 is 49.8. The molecule has 0 atom stereocenters. The van der Waals surface area contributed by atoms with E-state index in [2.05, 4.69) is 4.98 Å². The molecule has 0 bridgehead atoms. The van der Waals surface area contributed by atoms with E-state index < -0.39 is 27.2 Å². The third-order valence-electron chi connectivity index (χ3n) is 2.27. The minimum Gasteiger partial charge on any atom is -0.261 e. The highest BCUT2D eigenvalue weighted by Gasteiger charge is 2.16. The van der Waals surface area contributed by atoms with Gasteiger partial charge in [-0.15, -0.1) is 0 Å². The summed E-state index contributed by atoms with van der Waals surface area (Å²) in [6, 6.07) is 5.78. The number of benzene rings is 1. The van der Waals surface area contributed by atoms with Crippen LogP contribution in [0.5, 0.6) is 0 Å². The molecule has 0 spiro atoms. The number of hydrogen-bond acceptors (Lipinski definition) is 3. The molecule has 2 aromatic rings. The number of pyridine rings is 1. The number of aromatic nitrogens is 1. The number of halogens is 2. The zero-order valence-corrected chi connectivity index (χ0v) is 9.99. The van der Waals surface area contributed by atoms with E-state index in [1.54, 1.807) is 0 Å². The number of sulfone groups is 1. The smallest absolute Gasteiger partial charge is 0.182 e. The molecule has 1 aromatic carbocycles. The Morgan fingerprint density at radius 3 is 2.50 bits per heavy atom. The van der Waals surface area contributed by atoms with Crippen molar-refractivity contribution < 1.29 is 17.2 Å². The largest absolute Gasteiger partial charge is 0.261 e. The third-order valence-corrected chi connectivity index (χ3v) is 3.96. The maximum Gasteiger partial charge on any atom is 0.182 e. The average Bonchev–Trinajstić information content (AvgIpc) is 2.28. The van der Waals surface area contributed by atoms with Crippen LogP contribution in [-0.2, 0) is 15.6 Å². The second kappa shape index (κ2) is 4.81. The Morgan fingerprint density at radius 1 is 1.06 bits per heavy atom. The van der Waals surface area contributed by atoms with Crippen LogP contribution in [-0.4, -0.2) is 13.4 Å². The van der Waals surface area contributed by atoms with Crippen molar-refractivity contribution in [3.05, 3.63) is 59.9 Å². The SMILES string of the molecule is O=S(=O)(Cc1cncc(F)c1)c1cccc(F)c1. The molecule has 0 amide bonds. The zero-order chi connectivity index (χ0) is 13.2. The predicted molar refractivity (Wildman–Crippen MR) is 61.5 cm³/mol. The van der Waals surface area contributed by atoms with Crippen LogP contribution in [0.2, 0.25) is 0 Å². The van der Waals surface area contributed by atoms with Gasteiger partial charge in [-0.05, 0) is 29.8 Å². The lowest BCUT2D eigenvalue weighted by atomic mass is 10.3. The molecule has 94 valence electrons. The van der Waals surface area contributed by atoms with Crippen LogP contribution in [0.15, 0.2) is 47.6 Å². The van der Waals surface area contributed by atoms with Crippen LogP contribution >= 0.6 is 0 Å². The average molecular weight is 269 g/mol. The molecule has 0 N–H and O–H groups in total. The van der Waals surface area contributed by atoms with E-state index >= 15 is 0 Å². The van der Waals surface area contributed by atoms with Gasteiger partial charge in [0.1, 0.15) is 11.6 Å². The number of hydrogen-bond donors (Lipinski definition) is 0. The van der Waals surface area contributed by atoms with E-state index in [1.165, 1.54) is 18.3 Å². The fraction of sp³-hybridized carbons (Fsp3) is 0.0833. The highest BCUT2D eigenvalue weighted by Crippen LogP contribution is 2.17. The fourth-order valence-electron chi connectivity index (χ4n) is 1.50. The van der Waals surface area contributed by atoms with Gasteiger partial charge in [-0.1, -0.05) is 6.07 Å². The zero-order valence-electron chi connectivity index (χ0n) is 9.18. The van der Waals surface area contributed by atoms with Gasteiger partial charge in [0.05, 0.1) is 16.8 Å². The Labute approximate surface area is 103 Å². The molecule has 0 aliphatic heterocycles. The topological polar surface area (TPSA) is 47.0 Å². The lowest BCUT2D eigenvalue weighted by Crippen LogP contribution is -2.05. The summed E-state index contributed by atoms with van der Waals surface area (Å²) >= 11 is 0. The second-order valence-electron chi connectivity index (χ2n) is 3.73. The van der Waals surface area contributed by atoms with E-state index in [0.717, 1.165) is 24.4 Å². The Bertz CT molecular complexity index is 671. The minimum absolute atomic E-state index is 0.133. The first-order valence-corrected chi connectivity index (χ1v) is 6.70. The van der Waals surface area contributed by atoms with Gasteiger partial charge in [0, 0.05) is 6.20 Å². The Balaban J connectivity index is 2.33. The summed E-state index contributed by atoms with van der Waals surface area (Å²) in [4.78, 5) is 3.43. The summed E-state index contributed by atoms with van der Waals surface area (Å²) in [7, 11) is -3.70. The normalized spacial score (nSPS) is 11.4. The van der Waals surface area contributed by atoms with Gasteiger partial charge in [-0.3, -0.25) is 4.98 Å². The van der Waals surface area contributed by atoms with Gasteiger partial charge < -0.3 is 0 Å². The quantitative estimate of drug-likeness (QED) is 0.859. The van der Waals surface area contributed by atoms with Crippen molar-refractivity contribution in [2.75, 3.05) is 0 Å². The van der Waals surface area contributed by atoms with Crippen LogP contribution in [0.3, 0.4) is 0 Å². The maximum absolute atomic E-state index is 13.0. The molecule has 2 rings (SSSR count). The first-order chi connectivity index (χ1) is 8.47. The first-order valence-electron chi connectivity index (χ1n) is 5.05. The molecular formula is C12H9F2NO2S. The van der Waals surface area contributed by atoms with Crippen LogP contribution in [0.25, 0.3) is 0 Å². The van der Waals surface area contributed by atoms with Crippen LogP contribution in [0.1, 0.15) is 5.56 Å².